The van der Waals surface area contributed by atoms with E-state index in [4.69, 9.17) is 4.74 Å². The maximum absolute atomic E-state index is 12.9. The average molecular weight is 1590 g/mol. The van der Waals surface area contributed by atoms with Crippen molar-refractivity contribution >= 4 is 130 Å². The minimum atomic E-state index is -1.12. The Morgan fingerprint density at radius 2 is 0.615 bits per heavy atom. The van der Waals surface area contributed by atoms with Crippen molar-refractivity contribution in [1.82, 2.24) is 53.2 Å². The molecule has 12 unspecified atom stereocenters. The molecule has 10 amide bonds. The van der Waals surface area contributed by atoms with Crippen LogP contribution in [0.2, 0.25) is 0 Å². The molecule has 0 aliphatic carbocycles. The quantitative estimate of drug-likeness (QED) is 0.0167. The van der Waals surface area contributed by atoms with Crippen molar-refractivity contribution in [3.05, 3.63) is 69.8 Å². The number of ketones is 6. The van der Waals surface area contributed by atoms with E-state index in [-0.39, 0.29) is 163 Å². The van der Waals surface area contributed by atoms with Gasteiger partial charge in [-0.1, -0.05) is 50.7 Å². The number of ether oxygens (including phenoxy) is 1. The van der Waals surface area contributed by atoms with Crippen LogP contribution in [0.3, 0.4) is 0 Å². The molecule has 0 aromatic heterocycles. The van der Waals surface area contributed by atoms with Crippen LogP contribution in [0.4, 0.5) is 19.2 Å². The number of fused-ring (bicyclic) bond motifs is 4. The maximum Gasteiger partial charge on any atom is 0.337 e. The zero-order valence-corrected chi connectivity index (χ0v) is 66.1. The van der Waals surface area contributed by atoms with Crippen molar-refractivity contribution in [3.63, 3.8) is 0 Å². The molecule has 30 heteroatoms. The lowest BCUT2D eigenvalue weighted by atomic mass is 9.96. The molecule has 2 aromatic carbocycles. The van der Waals surface area contributed by atoms with Crippen molar-refractivity contribution in [2.24, 2.45) is 0 Å². The lowest BCUT2D eigenvalue weighted by Gasteiger charge is -2.16. The number of carboxylic acid groups (broad SMARTS) is 1. The van der Waals surface area contributed by atoms with Crippen molar-refractivity contribution in [2.75, 3.05) is 43.2 Å². The maximum atomic E-state index is 12.9. The average Bonchev–Trinajstić information content (AvgIpc) is 1.74. The first-order valence-corrected chi connectivity index (χ1v) is 43.8. The van der Waals surface area contributed by atoms with Crippen molar-refractivity contribution in [2.45, 2.75) is 288 Å². The van der Waals surface area contributed by atoms with E-state index in [0.717, 1.165) is 126 Å². The number of benzene rings is 2. The summed E-state index contributed by atoms with van der Waals surface area (Å²) in [4.78, 5) is 171. The zero-order chi connectivity index (χ0) is 77.6. The number of amides is 10. The summed E-state index contributed by atoms with van der Waals surface area (Å²) in [6, 6.07) is 11.0. The number of aromatic carboxylic acids is 1. The Hall–Kier alpha value is -7.18. The number of hydrogen-bond acceptors (Lipinski definition) is 19. The summed E-state index contributed by atoms with van der Waals surface area (Å²) in [5, 5.41) is 40.7. The Morgan fingerprint density at radius 1 is 0.349 bits per heavy atom. The number of unbranched alkanes of at least 4 members (excludes halogenated alkanes) is 8. The third-order valence-electron chi connectivity index (χ3n) is 21.5. The van der Waals surface area contributed by atoms with E-state index >= 15 is 0 Å². The first kappa shape index (κ1) is 85.8. The van der Waals surface area contributed by atoms with Crippen LogP contribution in [0.15, 0.2) is 36.4 Å². The van der Waals surface area contributed by atoms with Crippen LogP contribution in [-0.4, -0.2) is 200 Å². The highest BCUT2D eigenvalue weighted by molar-refractivity contribution is 8.01. The smallest absolute Gasteiger partial charge is 0.337 e. The molecule has 0 bridgehead atoms. The summed E-state index contributed by atoms with van der Waals surface area (Å²) in [6.45, 7) is 0.789. The zero-order valence-electron chi connectivity index (χ0n) is 62.9. The number of thioether (sulfide) groups is 4. The number of methoxy groups -OCH3 is 1. The van der Waals surface area contributed by atoms with Crippen LogP contribution in [0.5, 0.6) is 0 Å². The van der Waals surface area contributed by atoms with Crippen molar-refractivity contribution in [1.29, 1.82) is 0 Å². The van der Waals surface area contributed by atoms with E-state index in [2.05, 4.69) is 53.2 Å². The number of carbonyl (C=O) groups excluding carboxylic acids is 13. The van der Waals surface area contributed by atoms with E-state index in [1.165, 1.54) is 19.2 Å². The van der Waals surface area contributed by atoms with Crippen LogP contribution < -0.4 is 53.2 Å². The summed E-state index contributed by atoms with van der Waals surface area (Å²) in [5.74, 6) is 2.40. The molecule has 8 aliphatic rings. The molecular formula is C79H112N10O16S4. The number of hydrogen-bond donors (Lipinski definition) is 11. The van der Waals surface area contributed by atoms with E-state index in [9.17, 15) is 72.2 Å². The minimum Gasteiger partial charge on any atom is -0.478 e. The lowest BCUT2D eigenvalue weighted by Crippen LogP contribution is -2.36. The van der Waals surface area contributed by atoms with Gasteiger partial charge in [0.1, 0.15) is 34.7 Å². The third kappa shape index (κ3) is 28.8. The Bertz CT molecular complexity index is 3550. The van der Waals surface area contributed by atoms with Gasteiger partial charge in [0.2, 0.25) is 11.8 Å². The van der Waals surface area contributed by atoms with Gasteiger partial charge in [-0.2, -0.15) is 47.0 Å². The second-order valence-electron chi connectivity index (χ2n) is 30.3. The van der Waals surface area contributed by atoms with Crippen LogP contribution in [-0.2, 0) is 68.8 Å². The third-order valence-corrected chi connectivity index (χ3v) is 27.6. The number of nitrogens with one attached hydrogen (secondary N) is 10. The summed E-state index contributed by atoms with van der Waals surface area (Å²) < 4.78 is 4.91. The predicted octanol–water partition coefficient (Wildman–Crippen LogP) is 9.04. The normalized spacial score (nSPS) is 23.7. The Balaban J connectivity index is 0.000000251. The van der Waals surface area contributed by atoms with Gasteiger partial charge in [-0.3, -0.25) is 38.4 Å². The van der Waals surface area contributed by atoms with Gasteiger partial charge in [0.25, 0.3) is 0 Å². The Labute approximate surface area is 656 Å². The second-order valence-corrected chi connectivity index (χ2v) is 35.4. The summed E-state index contributed by atoms with van der Waals surface area (Å²) >= 11 is 7.50. The molecule has 12 atom stereocenters. The molecule has 598 valence electrons. The van der Waals surface area contributed by atoms with Crippen LogP contribution >= 0.6 is 47.0 Å². The van der Waals surface area contributed by atoms with Gasteiger partial charge in [-0.15, -0.1) is 0 Å². The fraction of sp³-hybridized carbons (Fsp3) is 0.671. The molecule has 109 heavy (non-hydrogen) atoms. The molecule has 2 aromatic rings. The number of rotatable bonds is 50. The molecule has 10 rings (SSSR count). The molecule has 26 nitrogen and oxygen atoms in total. The number of carbonyl (C=O) groups is 14. The van der Waals surface area contributed by atoms with Crippen LogP contribution in [0.1, 0.15) is 236 Å². The van der Waals surface area contributed by atoms with Crippen molar-refractivity contribution < 1.29 is 77.0 Å². The molecule has 0 radical (unpaired) electrons. The number of Topliss-reactive ketones (excluding diaryl/α,β-unsaturated/α-hetero) is 6. The van der Waals surface area contributed by atoms with Gasteiger partial charge in [-0.25, -0.2) is 28.8 Å². The monoisotopic (exact) mass is 1580 g/mol. The van der Waals surface area contributed by atoms with Gasteiger partial charge in [0.05, 0.1) is 66.6 Å². The topological polar surface area (TPSA) is 389 Å². The van der Waals surface area contributed by atoms with Gasteiger partial charge in [-0.05, 0) is 136 Å². The fourth-order valence-electron chi connectivity index (χ4n) is 15.8. The van der Waals surface area contributed by atoms with Crippen molar-refractivity contribution in [3.8, 4) is 0 Å². The first-order valence-electron chi connectivity index (χ1n) is 39.6. The van der Waals surface area contributed by atoms with Gasteiger partial charge in [0, 0.05) is 147 Å². The van der Waals surface area contributed by atoms with Gasteiger partial charge < -0.3 is 63.0 Å². The lowest BCUT2D eigenvalue weighted by molar-refractivity contribution is -0.122. The Morgan fingerprint density at radius 3 is 0.908 bits per heavy atom. The van der Waals surface area contributed by atoms with E-state index in [1.54, 1.807) is 24.3 Å². The predicted molar refractivity (Wildman–Crippen MR) is 423 cm³/mol. The number of carboxylic acids is 1. The number of esters is 1. The highest BCUT2D eigenvalue weighted by Crippen LogP contribution is 2.37. The van der Waals surface area contributed by atoms with Crippen LogP contribution in [0, 0.1) is 0 Å². The second kappa shape index (κ2) is 44.8. The fourth-order valence-corrected chi connectivity index (χ4v) is 22.0. The minimum absolute atomic E-state index is 0.0109. The first-order chi connectivity index (χ1) is 52.6. The molecule has 8 saturated heterocycles. The summed E-state index contributed by atoms with van der Waals surface area (Å²) in [6.07, 6.45) is 20.9. The number of urea groups is 4. The summed E-state index contributed by atoms with van der Waals surface area (Å²) in [7, 11) is 1.29. The van der Waals surface area contributed by atoms with Gasteiger partial charge in [0.15, 0.2) is 0 Å². The van der Waals surface area contributed by atoms with E-state index in [0.29, 0.717) is 139 Å². The molecule has 11 N–H and O–H groups in total. The SMILES string of the molecule is COC(=O)c1cc(CC(=O)CCCCCC(=O)CCCCC2SCC3NC(=O)NC32)cc(CC(=O)CCCNC(=O)CCCCC2SCC3NC(=O)NC32)c1.O=C(CCCCCC(=O)Cc1cc(CC(=O)CCCNC(=O)CCCCC2SCC3NC(=O)NC32)cc(C(=O)O)c1)CCCCC1SCC2NC(=O)NC21. The highest BCUT2D eigenvalue weighted by Gasteiger charge is 2.46. The van der Waals surface area contributed by atoms with Crippen LogP contribution in [0.25, 0.3) is 0 Å². The molecule has 8 heterocycles. The molecule has 8 aliphatic heterocycles. The standard InChI is InChI=1S/C40H57N5O8S2.C39H55N5O8S2/c1-53-38(50)27-19-25(21-29(47)12-4-2-3-10-28(46)11-5-6-14-33-36-31(23-54-33)42-39(51)44-36)18-26(20-27)22-30(48)13-9-17-41-35(49)16-8-7-15-34-37-32(24-55-34)43-40(52)45-37;45-27(10-4-5-13-32-35-30(22-53-32)41-38(51)43-35)9-2-1-3-11-28(46)20-24-17-25(19-26(18-24)37(49)50)21-29(47)12-8-16-40-34(48)15-7-6-14-33-36-31(23-54-33)42-39(52)44-36/h18-20,31-34,36-37H,2-17,21-24H2,1H3,(H,41,49)(H2,42,44,51)(H2,43,45,52);17-19,30-33,35-36H,1-16,20-23H2,(H,40,48)(H,49,50)(H2,41,43,51)(H2,42,44,52). The van der Waals surface area contributed by atoms with Gasteiger partial charge >= 0.3 is 36.1 Å². The molecular weight excluding hydrogens is 1470 g/mol. The summed E-state index contributed by atoms with van der Waals surface area (Å²) in [5.41, 5.74) is 2.76. The molecule has 0 saturated carbocycles. The largest absolute Gasteiger partial charge is 0.478 e. The molecule has 0 spiro atoms. The van der Waals surface area contributed by atoms with E-state index < -0.39 is 11.9 Å². The highest BCUT2D eigenvalue weighted by atomic mass is 32.2. The van der Waals surface area contributed by atoms with E-state index in [1.807, 2.05) is 47.0 Å². The molecule has 8 fully saturated rings. The Kier molecular flexibility index (Phi) is 35.2.